The fraction of sp³-hybridized carbons (Fsp3) is 0.846. The zero-order valence-electron chi connectivity index (χ0n) is 10.6. The predicted molar refractivity (Wildman–Crippen MR) is 65.9 cm³/mol. The van der Waals surface area contributed by atoms with E-state index in [2.05, 4.69) is 32.0 Å². The van der Waals surface area contributed by atoms with E-state index in [4.69, 9.17) is 11.2 Å². The molecule has 0 heterocycles. The molecule has 0 fully saturated rings. The second-order valence-corrected chi connectivity index (χ2v) is 4.68. The monoisotopic (exact) mass is 211 g/mol. The highest BCUT2D eigenvalue weighted by molar-refractivity contribution is 4.83. The average Bonchev–Trinajstić information content (AvgIpc) is 2.17. The van der Waals surface area contributed by atoms with E-state index in [1.165, 1.54) is 0 Å². The number of methoxy groups -OCH3 is 1. The van der Waals surface area contributed by atoms with E-state index in [-0.39, 0.29) is 5.60 Å². The third-order valence-electron chi connectivity index (χ3n) is 2.59. The van der Waals surface area contributed by atoms with Crippen LogP contribution in [0.5, 0.6) is 0 Å². The molecule has 1 N–H and O–H groups in total. The van der Waals surface area contributed by atoms with Crippen LogP contribution in [0.3, 0.4) is 0 Å². The van der Waals surface area contributed by atoms with Crippen LogP contribution >= 0.6 is 0 Å². The van der Waals surface area contributed by atoms with Gasteiger partial charge in [0.1, 0.15) is 0 Å². The number of nitrogens with one attached hydrogen (secondary N) is 1. The summed E-state index contributed by atoms with van der Waals surface area (Å²) < 4.78 is 5.39. The molecule has 0 aromatic carbocycles. The lowest BCUT2D eigenvalue weighted by atomic mass is 10.00. The molecule has 0 aliphatic heterocycles. The fourth-order valence-corrected chi connectivity index (χ4v) is 1.59. The van der Waals surface area contributed by atoms with Gasteiger partial charge in [-0.1, -0.05) is 0 Å². The first kappa shape index (κ1) is 14.5. The Kier molecular flexibility index (Phi) is 7.46. The van der Waals surface area contributed by atoms with Crippen LogP contribution in [0, 0.1) is 12.3 Å². The summed E-state index contributed by atoms with van der Waals surface area (Å²) in [6, 6.07) is 0.491. The highest BCUT2D eigenvalue weighted by atomic mass is 16.5. The molecule has 1 atom stereocenters. The molecule has 88 valence electrons. The van der Waals surface area contributed by atoms with Crippen molar-refractivity contribution in [2.75, 3.05) is 13.7 Å². The number of hydrogen-bond acceptors (Lipinski definition) is 2. The van der Waals surface area contributed by atoms with Crippen LogP contribution in [0.4, 0.5) is 0 Å². The van der Waals surface area contributed by atoms with Crippen molar-refractivity contribution in [3.63, 3.8) is 0 Å². The number of rotatable bonds is 8. The number of ether oxygens (including phenoxy) is 1. The van der Waals surface area contributed by atoms with Crippen molar-refractivity contribution >= 4 is 0 Å². The smallest absolute Gasteiger partial charge is 0.0637 e. The van der Waals surface area contributed by atoms with Gasteiger partial charge in [0.25, 0.3) is 0 Å². The molecular formula is C13H25NO. The molecule has 0 aliphatic rings. The van der Waals surface area contributed by atoms with Gasteiger partial charge in [0.05, 0.1) is 5.60 Å². The zero-order chi connectivity index (χ0) is 11.7. The SMILES string of the molecule is C#CCCCCNC(C)CC(C)(C)OC. The van der Waals surface area contributed by atoms with Gasteiger partial charge in [-0.2, -0.15) is 0 Å². The summed E-state index contributed by atoms with van der Waals surface area (Å²) in [5.41, 5.74) is -0.0365. The molecular weight excluding hydrogens is 186 g/mol. The van der Waals surface area contributed by atoms with Crippen LogP contribution in [-0.2, 0) is 4.74 Å². The Hall–Kier alpha value is -0.520. The maximum atomic E-state index is 5.39. The number of terminal acetylenes is 1. The third-order valence-corrected chi connectivity index (χ3v) is 2.59. The van der Waals surface area contributed by atoms with Crippen LogP contribution in [0.1, 0.15) is 46.5 Å². The Bertz CT molecular complexity index is 193. The minimum atomic E-state index is -0.0365. The van der Waals surface area contributed by atoms with Crippen LogP contribution in [0.2, 0.25) is 0 Å². The lowest BCUT2D eigenvalue weighted by Crippen LogP contribution is -2.36. The van der Waals surface area contributed by atoms with Gasteiger partial charge >= 0.3 is 0 Å². The van der Waals surface area contributed by atoms with Gasteiger partial charge in [-0.25, -0.2) is 0 Å². The van der Waals surface area contributed by atoms with Crippen LogP contribution in [-0.4, -0.2) is 25.3 Å². The maximum Gasteiger partial charge on any atom is 0.0637 e. The molecule has 0 aromatic rings. The van der Waals surface area contributed by atoms with E-state index in [9.17, 15) is 0 Å². The standard InChI is InChI=1S/C13H25NO/c1-6-7-8-9-10-14-12(2)11-13(3,4)15-5/h1,12,14H,7-11H2,2-5H3. The maximum absolute atomic E-state index is 5.39. The second-order valence-electron chi connectivity index (χ2n) is 4.68. The quantitative estimate of drug-likeness (QED) is 0.492. The second kappa shape index (κ2) is 7.73. The zero-order valence-corrected chi connectivity index (χ0v) is 10.6. The Morgan fingerprint density at radius 3 is 2.60 bits per heavy atom. The molecule has 0 aliphatic carbocycles. The van der Waals surface area contributed by atoms with E-state index < -0.39 is 0 Å². The van der Waals surface area contributed by atoms with E-state index in [0.29, 0.717) is 6.04 Å². The Labute approximate surface area is 94.8 Å². The van der Waals surface area contributed by atoms with Crippen LogP contribution < -0.4 is 5.32 Å². The fourth-order valence-electron chi connectivity index (χ4n) is 1.59. The Morgan fingerprint density at radius 2 is 2.07 bits per heavy atom. The minimum absolute atomic E-state index is 0.0365. The molecule has 0 radical (unpaired) electrons. The van der Waals surface area contributed by atoms with Crippen molar-refractivity contribution in [1.29, 1.82) is 0 Å². The largest absolute Gasteiger partial charge is 0.379 e. The Balaban J connectivity index is 3.50. The first-order valence-corrected chi connectivity index (χ1v) is 5.74. The summed E-state index contributed by atoms with van der Waals surface area (Å²) >= 11 is 0. The van der Waals surface area contributed by atoms with Crippen molar-refractivity contribution in [2.24, 2.45) is 0 Å². The molecule has 2 heteroatoms. The summed E-state index contributed by atoms with van der Waals surface area (Å²) in [7, 11) is 1.76. The highest BCUT2D eigenvalue weighted by Crippen LogP contribution is 2.15. The molecule has 0 spiro atoms. The first-order valence-electron chi connectivity index (χ1n) is 5.74. The summed E-state index contributed by atoms with van der Waals surface area (Å²) in [6.45, 7) is 7.47. The minimum Gasteiger partial charge on any atom is -0.379 e. The molecule has 0 bridgehead atoms. The van der Waals surface area contributed by atoms with Crippen molar-refractivity contribution in [3.05, 3.63) is 0 Å². The van der Waals surface area contributed by atoms with Crippen LogP contribution in [0.25, 0.3) is 0 Å². The van der Waals surface area contributed by atoms with Gasteiger partial charge in [-0.3, -0.25) is 0 Å². The van der Waals surface area contributed by atoms with Crippen molar-refractivity contribution in [1.82, 2.24) is 5.32 Å². The van der Waals surface area contributed by atoms with Gasteiger partial charge in [0, 0.05) is 19.6 Å². The summed E-state index contributed by atoms with van der Waals surface area (Å²) in [4.78, 5) is 0. The summed E-state index contributed by atoms with van der Waals surface area (Å²) in [5.74, 6) is 2.66. The molecule has 15 heavy (non-hydrogen) atoms. The average molecular weight is 211 g/mol. The third kappa shape index (κ3) is 8.47. The predicted octanol–water partition coefficient (Wildman–Crippen LogP) is 2.58. The van der Waals surface area contributed by atoms with Crippen molar-refractivity contribution in [3.8, 4) is 12.3 Å². The van der Waals surface area contributed by atoms with Crippen LogP contribution in [0.15, 0.2) is 0 Å². The molecule has 0 saturated heterocycles. The number of hydrogen-bond donors (Lipinski definition) is 1. The van der Waals surface area contributed by atoms with E-state index in [1.54, 1.807) is 7.11 Å². The van der Waals surface area contributed by atoms with E-state index in [1.807, 2.05) is 0 Å². The summed E-state index contributed by atoms with van der Waals surface area (Å²) in [5, 5.41) is 3.48. The Morgan fingerprint density at radius 1 is 1.40 bits per heavy atom. The molecule has 0 saturated carbocycles. The van der Waals surface area contributed by atoms with E-state index >= 15 is 0 Å². The number of unbranched alkanes of at least 4 members (excludes halogenated alkanes) is 2. The van der Waals surface area contributed by atoms with Gasteiger partial charge in [0.15, 0.2) is 0 Å². The first-order chi connectivity index (χ1) is 7.02. The normalized spacial score (nSPS) is 13.5. The highest BCUT2D eigenvalue weighted by Gasteiger charge is 2.19. The van der Waals surface area contributed by atoms with Gasteiger partial charge < -0.3 is 10.1 Å². The molecule has 0 rings (SSSR count). The van der Waals surface area contributed by atoms with E-state index in [0.717, 1.165) is 32.2 Å². The topological polar surface area (TPSA) is 21.3 Å². The summed E-state index contributed by atoms with van der Waals surface area (Å²) in [6.07, 6.45) is 9.37. The molecule has 0 aromatic heterocycles. The van der Waals surface area contributed by atoms with Crippen molar-refractivity contribution < 1.29 is 4.74 Å². The molecule has 2 nitrogen and oxygen atoms in total. The van der Waals surface area contributed by atoms with Crippen molar-refractivity contribution in [2.45, 2.75) is 58.1 Å². The molecule has 1 unspecified atom stereocenters. The van der Waals surface area contributed by atoms with Gasteiger partial charge in [0.2, 0.25) is 0 Å². The lowest BCUT2D eigenvalue weighted by Gasteiger charge is -2.27. The lowest BCUT2D eigenvalue weighted by molar-refractivity contribution is 0.00860. The van der Waals surface area contributed by atoms with Gasteiger partial charge in [-0.15, -0.1) is 12.3 Å². The molecule has 0 amide bonds. The van der Waals surface area contributed by atoms with Gasteiger partial charge in [-0.05, 0) is 46.6 Å².